The van der Waals surface area contributed by atoms with Crippen LogP contribution in [0.4, 0.5) is 5.82 Å². The zero-order chi connectivity index (χ0) is 18.4. The quantitative estimate of drug-likeness (QED) is 0.771. The van der Waals surface area contributed by atoms with E-state index in [4.69, 9.17) is 4.52 Å². The van der Waals surface area contributed by atoms with Gasteiger partial charge >= 0.3 is 0 Å². The van der Waals surface area contributed by atoms with Crippen molar-refractivity contribution in [2.45, 2.75) is 53.0 Å². The summed E-state index contributed by atoms with van der Waals surface area (Å²) in [5.74, 6) is 2.08. The molecule has 0 aliphatic heterocycles. The number of benzene rings is 1. The third-order valence-corrected chi connectivity index (χ3v) is 4.67. The number of nitrogens with zero attached hydrogens (tertiary/aromatic N) is 1. The third kappa shape index (κ3) is 5.43. The molecule has 1 amide bonds. The highest BCUT2D eigenvalue weighted by Crippen LogP contribution is 2.23. The van der Waals surface area contributed by atoms with Gasteiger partial charge in [0.1, 0.15) is 11.8 Å². The number of nitrogens with one attached hydrogen (secondary N) is 1. The molecule has 0 aliphatic rings. The van der Waals surface area contributed by atoms with Crippen LogP contribution in [0.3, 0.4) is 0 Å². The van der Waals surface area contributed by atoms with Crippen molar-refractivity contribution in [3.8, 4) is 0 Å². The van der Waals surface area contributed by atoms with E-state index in [0.29, 0.717) is 30.0 Å². The molecule has 136 valence electrons. The Bertz CT molecular complexity index is 677. The lowest BCUT2D eigenvalue weighted by Crippen LogP contribution is -2.88. The number of amides is 1. The third-order valence-electron chi connectivity index (χ3n) is 4.67. The highest BCUT2D eigenvalue weighted by atomic mass is 16.5. The molecule has 0 unspecified atom stereocenters. The van der Waals surface area contributed by atoms with E-state index < -0.39 is 0 Å². The first kappa shape index (κ1) is 19.2. The summed E-state index contributed by atoms with van der Waals surface area (Å²) < 4.78 is 4.96. The molecule has 3 N–H and O–H groups in total. The second kappa shape index (κ2) is 8.81. The summed E-state index contributed by atoms with van der Waals surface area (Å²) in [4.78, 5) is 12.1. The molecule has 0 saturated carbocycles. The fourth-order valence-corrected chi connectivity index (χ4v) is 2.93. The summed E-state index contributed by atoms with van der Waals surface area (Å²) in [6.07, 6.45) is 1.14. The number of aryl methyl sites for hydroxylation is 1. The number of nitrogens with two attached hydrogens (primary N) is 1. The Morgan fingerprint density at radius 1 is 1.20 bits per heavy atom. The largest absolute Gasteiger partial charge is 0.360 e. The van der Waals surface area contributed by atoms with Crippen LogP contribution in [0.1, 0.15) is 63.0 Å². The van der Waals surface area contributed by atoms with Gasteiger partial charge in [-0.3, -0.25) is 4.79 Å². The number of quaternary nitrogens is 1. The summed E-state index contributed by atoms with van der Waals surface area (Å²) in [5, 5.41) is 8.64. The molecule has 2 atom stereocenters. The number of hydrogen-bond acceptors (Lipinski definition) is 3. The van der Waals surface area contributed by atoms with Crippen molar-refractivity contribution in [3.05, 3.63) is 47.2 Å². The van der Waals surface area contributed by atoms with Crippen LogP contribution >= 0.6 is 0 Å². The summed E-state index contributed by atoms with van der Waals surface area (Å²) in [6, 6.07) is 10.8. The van der Waals surface area contributed by atoms with Gasteiger partial charge in [0, 0.05) is 17.5 Å². The highest BCUT2D eigenvalue weighted by molar-refractivity contribution is 5.90. The number of anilines is 1. The Labute approximate surface area is 150 Å². The second-order valence-corrected chi connectivity index (χ2v) is 7.06. The van der Waals surface area contributed by atoms with Crippen LogP contribution in [0.5, 0.6) is 0 Å². The van der Waals surface area contributed by atoms with Crippen LogP contribution in [0.2, 0.25) is 0 Å². The van der Waals surface area contributed by atoms with Gasteiger partial charge in [-0.25, -0.2) is 0 Å². The molecule has 1 aromatic carbocycles. The van der Waals surface area contributed by atoms with Crippen molar-refractivity contribution >= 4 is 11.7 Å². The molecule has 5 nitrogen and oxygen atoms in total. The molecule has 1 aromatic heterocycles. The molecular formula is C20H30N3O2+. The Kier molecular flexibility index (Phi) is 6.76. The summed E-state index contributed by atoms with van der Waals surface area (Å²) in [5.41, 5.74) is 2.63. The minimum atomic E-state index is -0.0739. The Morgan fingerprint density at radius 2 is 1.84 bits per heavy atom. The van der Waals surface area contributed by atoms with Gasteiger partial charge in [0.05, 0.1) is 0 Å². The molecule has 0 spiro atoms. The first-order chi connectivity index (χ1) is 11.9. The predicted molar refractivity (Wildman–Crippen MR) is 99.4 cm³/mol. The minimum Gasteiger partial charge on any atom is -0.360 e. The molecule has 0 fully saturated rings. The lowest BCUT2D eigenvalue weighted by Gasteiger charge is -2.20. The van der Waals surface area contributed by atoms with Crippen LogP contribution in [0.25, 0.3) is 0 Å². The molecule has 2 aromatic rings. The van der Waals surface area contributed by atoms with Gasteiger partial charge < -0.3 is 15.2 Å². The van der Waals surface area contributed by atoms with Crippen molar-refractivity contribution in [3.63, 3.8) is 0 Å². The van der Waals surface area contributed by atoms with Crippen LogP contribution in [-0.2, 0) is 4.79 Å². The monoisotopic (exact) mass is 344 g/mol. The van der Waals surface area contributed by atoms with Crippen LogP contribution in [-0.4, -0.2) is 17.6 Å². The maximum atomic E-state index is 12.1. The molecule has 5 heteroatoms. The summed E-state index contributed by atoms with van der Waals surface area (Å²) >= 11 is 0. The number of aromatic nitrogens is 1. The smallest absolute Gasteiger partial charge is 0.280 e. The first-order valence-electron chi connectivity index (χ1n) is 9.07. The number of hydrogen-bond donors (Lipinski definition) is 2. The fourth-order valence-electron chi connectivity index (χ4n) is 2.93. The zero-order valence-corrected chi connectivity index (χ0v) is 15.9. The van der Waals surface area contributed by atoms with Crippen LogP contribution in [0.15, 0.2) is 34.9 Å². The van der Waals surface area contributed by atoms with Gasteiger partial charge in [0.25, 0.3) is 5.91 Å². The van der Waals surface area contributed by atoms with Crippen LogP contribution in [0, 0.1) is 12.8 Å². The van der Waals surface area contributed by atoms with E-state index in [-0.39, 0.29) is 11.9 Å². The molecule has 25 heavy (non-hydrogen) atoms. The van der Waals surface area contributed by atoms with Crippen molar-refractivity contribution in [2.24, 2.45) is 5.92 Å². The van der Waals surface area contributed by atoms with Gasteiger partial charge in [0.2, 0.25) is 0 Å². The topological polar surface area (TPSA) is 71.7 Å². The Balaban J connectivity index is 1.97. The number of rotatable bonds is 8. The van der Waals surface area contributed by atoms with Crippen molar-refractivity contribution < 1.29 is 14.6 Å². The van der Waals surface area contributed by atoms with Crippen molar-refractivity contribution in [2.75, 3.05) is 11.9 Å². The average Bonchev–Trinajstić information content (AvgIpc) is 2.99. The van der Waals surface area contributed by atoms with E-state index in [1.54, 1.807) is 13.0 Å². The number of carbonyl (C=O) groups excluding carboxylic acids is 1. The first-order valence-corrected chi connectivity index (χ1v) is 9.07. The molecular weight excluding hydrogens is 314 g/mol. The van der Waals surface area contributed by atoms with E-state index in [1.807, 2.05) is 0 Å². The Hall–Kier alpha value is -2.14. The summed E-state index contributed by atoms with van der Waals surface area (Å²) in [6.45, 7) is 11.0. The lowest BCUT2D eigenvalue weighted by molar-refractivity contribution is -0.692. The zero-order valence-electron chi connectivity index (χ0n) is 15.9. The van der Waals surface area contributed by atoms with Gasteiger partial charge in [-0.05, 0) is 24.8 Å². The van der Waals surface area contributed by atoms with Crippen LogP contribution < -0.4 is 10.6 Å². The van der Waals surface area contributed by atoms with Crippen molar-refractivity contribution in [1.82, 2.24) is 5.16 Å². The SMILES string of the molecule is CC[C@@H](C)c1ccc([C@@H]([NH2+]CC(=O)Nc2cc(C)on2)C(C)C)cc1. The van der Waals surface area contributed by atoms with E-state index >= 15 is 0 Å². The van der Waals surface area contributed by atoms with E-state index in [0.717, 1.165) is 6.42 Å². The molecule has 0 saturated heterocycles. The van der Waals surface area contributed by atoms with Crippen molar-refractivity contribution in [1.29, 1.82) is 0 Å². The van der Waals surface area contributed by atoms with E-state index in [1.165, 1.54) is 11.1 Å². The standard InChI is InChI=1S/C20H29N3O2/c1-6-14(4)16-7-9-17(10-8-16)20(13(2)3)21-12-19(24)22-18-11-15(5)25-23-18/h7-11,13-14,20-21H,6,12H2,1-5H3,(H,22,23,24)/p+1/t14-,20+/m1/s1. The molecule has 2 rings (SSSR count). The molecule has 0 bridgehead atoms. The van der Waals surface area contributed by atoms with E-state index in [9.17, 15) is 4.79 Å². The summed E-state index contributed by atoms with van der Waals surface area (Å²) in [7, 11) is 0. The second-order valence-electron chi connectivity index (χ2n) is 7.06. The molecule has 0 radical (unpaired) electrons. The average molecular weight is 344 g/mol. The lowest BCUT2D eigenvalue weighted by atomic mass is 9.92. The van der Waals surface area contributed by atoms with Gasteiger partial charge in [-0.15, -0.1) is 0 Å². The molecule has 1 heterocycles. The van der Waals surface area contributed by atoms with Gasteiger partial charge in [-0.1, -0.05) is 57.1 Å². The maximum absolute atomic E-state index is 12.1. The van der Waals surface area contributed by atoms with Gasteiger partial charge in [-0.2, -0.15) is 0 Å². The predicted octanol–water partition coefficient (Wildman–Crippen LogP) is 3.40. The highest BCUT2D eigenvalue weighted by Gasteiger charge is 2.21. The number of carbonyl (C=O) groups is 1. The Morgan fingerprint density at radius 3 is 2.36 bits per heavy atom. The fraction of sp³-hybridized carbons (Fsp3) is 0.500. The maximum Gasteiger partial charge on any atom is 0.280 e. The van der Waals surface area contributed by atoms with E-state index in [2.05, 4.69) is 67.8 Å². The van der Waals surface area contributed by atoms with Gasteiger partial charge in [0.15, 0.2) is 12.4 Å². The molecule has 0 aliphatic carbocycles. The normalized spacial score (nSPS) is 13.7. The minimum absolute atomic E-state index is 0.0739.